The number of hydrogen-bond acceptors (Lipinski definition) is 7. The molecule has 0 radical (unpaired) electrons. The summed E-state index contributed by atoms with van der Waals surface area (Å²) in [6, 6.07) is 0. The molecule has 0 bridgehead atoms. The van der Waals surface area contributed by atoms with Gasteiger partial charge in [0.1, 0.15) is 0 Å². The van der Waals surface area contributed by atoms with Crippen molar-refractivity contribution in [2.45, 2.75) is 0 Å². The number of hydrogen-bond donors (Lipinski definition) is 5. The van der Waals surface area contributed by atoms with E-state index in [2.05, 4.69) is 18.6 Å². The first-order chi connectivity index (χ1) is 8.41. The van der Waals surface area contributed by atoms with Gasteiger partial charge in [-0.1, -0.05) is 0 Å². The Morgan fingerprint density at radius 2 is 0.947 bits per heavy atom. The zero-order valence-corrected chi connectivity index (χ0v) is 11.5. The maximum absolute atomic E-state index is 10.4. The Labute approximate surface area is 106 Å². The molecule has 1 heterocycles. The van der Waals surface area contributed by atoms with Gasteiger partial charge in [0.15, 0.2) is 0 Å². The lowest BCUT2D eigenvalue weighted by Gasteiger charge is -2.11. The Kier molecular flexibility index (Phi) is 7.12. The van der Waals surface area contributed by atoms with Crippen molar-refractivity contribution < 1.29 is 46.8 Å². The molecule has 110 valence electrons. The van der Waals surface area contributed by atoms with Crippen LogP contribution in [-0.4, -0.2) is 34.4 Å². The Hall–Kier alpha value is -0.510. The summed E-state index contributed by atoms with van der Waals surface area (Å²) >= 11 is 0. The predicted molar refractivity (Wildman–Crippen MR) is 58.1 cm³/mol. The van der Waals surface area contributed by atoms with Crippen LogP contribution in [0.25, 0.3) is 0 Å². The van der Waals surface area contributed by atoms with Crippen LogP contribution in [0.1, 0.15) is 0 Å². The number of rotatable bonds is 4. The molecule has 19 heavy (non-hydrogen) atoms. The highest BCUT2D eigenvalue weighted by Crippen LogP contribution is 2.64. The standard InChI is InChI=1S/C4H4N2.H5O10P3/c1-2-6-4-3-5-1;1-11(2,3)9-13(7,8)10-12(4,5)6/h1-4H;(H,7,8)(H2,1,2,3)(H2,4,5,6). The SMILES string of the molecule is O=P(O)(O)OP(=O)(O)OP(=O)(O)O.c1cnccn1. The Morgan fingerprint density at radius 1 is 0.684 bits per heavy atom. The van der Waals surface area contributed by atoms with Crippen molar-refractivity contribution in [1.29, 1.82) is 0 Å². The normalized spacial score (nSPS) is 12.5. The molecule has 0 saturated heterocycles. The second kappa shape index (κ2) is 7.32. The van der Waals surface area contributed by atoms with Crippen LogP contribution < -0.4 is 0 Å². The highest BCUT2D eigenvalue weighted by Gasteiger charge is 2.38. The molecule has 0 unspecified atom stereocenters. The number of phosphoric acid groups is 3. The van der Waals surface area contributed by atoms with Gasteiger partial charge in [0.05, 0.1) is 0 Å². The van der Waals surface area contributed by atoms with E-state index in [0.717, 1.165) is 0 Å². The maximum Gasteiger partial charge on any atom is 0.490 e. The van der Waals surface area contributed by atoms with Crippen LogP contribution in [0, 0.1) is 0 Å². The van der Waals surface area contributed by atoms with Crippen LogP contribution in [0.4, 0.5) is 0 Å². The van der Waals surface area contributed by atoms with Crippen LogP contribution in [-0.2, 0) is 22.3 Å². The molecule has 12 nitrogen and oxygen atoms in total. The first kappa shape index (κ1) is 18.5. The van der Waals surface area contributed by atoms with Gasteiger partial charge in [0.25, 0.3) is 0 Å². The molecule has 0 fully saturated rings. The van der Waals surface area contributed by atoms with Crippen LogP contribution in [0.5, 0.6) is 0 Å². The van der Waals surface area contributed by atoms with E-state index in [4.69, 9.17) is 24.5 Å². The molecule has 0 atom stereocenters. The summed E-state index contributed by atoms with van der Waals surface area (Å²) in [6.45, 7) is 0. The summed E-state index contributed by atoms with van der Waals surface area (Å²) in [5.41, 5.74) is 0. The van der Waals surface area contributed by atoms with E-state index in [0.29, 0.717) is 0 Å². The Balaban J connectivity index is 0.000000443. The van der Waals surface area contributed by atoms with Gasteiger partial charge < -0.3 is 24.5 Å². The van der Waals surface area contributed by atoms with Gasteiger partial charge in [0.2, 0.25) is 0 Å². The van der Waals surface area contributed by atoms with Crippen LogP contribution in [0.15, 0.2) is 24.8 Å². The molecule has 5 N–H and O–H groups in total. The molecular formula is C4H9N2O10P3. The zero-order chi connectivity index (χ0) is 15.2. The smallest absolute Gasteiger partial charge is 0.302 e. The van der Waals surface area contributed by atoms with Gasteiger partial charge in [-0.25, -0.2) is 13.7 Å². The van der Waals surface area contributed by atoms with Crippen molar-refractivity contribution in [3.63, 3.8) is 0 Å². The number of aromatic nitrogens is 2. The van der Waals surface area contributed by atoms with E-state index in [1.807, 2.05) is 0 Å². The zero-order valence-electron chi connectivity index (χ0n) is 8.82. The second-order valence-electron chi connectivity index (χ2n) is 2.51. The van der Waals surface area contributed by atoms with E-state index >= 15 is 0 Å². The molecular weight excluding hydrogens is 329 g/mol. The molecule has 1 aromatic heterocycles. The van der Waals surface area contributed by atoms with Crippen LogP contribution in [0.2, 0.25) is 0 Å². The topological polar surface area (TPSA) is 197 Å². The fourth-order valence-corrected chi connectivity index (χ4v) is 3.08. The molecule has 1 aromatic rings. The lowest BCUT2D eigenvalue weighted by Crippen LogP contribution is -1.91. The largest absolute Gasteiger partial charge is 0.490 e. The summed E-state index contributed by atoms with van der Waals surface area (Å²) in [5.74, 6) is 0. The molecule has 0 saturated carbocycles. The average molecular weight is 338 g/mol. The van der Waals surface area contributed by atoms with Crippen molar-refractivity contribution in [2.24, 2.45) is 0 Å². The monoisotopic (exact) mass is 338 g/mol. The highest BCUT2D eigenvalue weighted by molar-refractivity contribution is 7.66. The summed E-state index contributed by atoms with van der Waals surface area (Å²) in [6.07, 6.45) is 6.56. The minimum atomic E-state index is -5.46. The van der Waals surface area contributed by atoms with E-state index in [1.54, 1.807) is 24.8 Å². The van der Waals surface area contributed by atoms with E-state index in [1.165, 1.54) is 0 Å². The number of nitrogens with zero attached hydrogens (tertiary/aromatic N) is 2. The maximum atomic E-state index is 10.4. The van der Waals surface area contributed by atoms with Crippen molar-refractivity contribution in [3.8, 4) is 0 Å². The van der Waals surface area contributed by atoms with Crippen molar-refractivity contribution >= 4 is 23.5 Å². The fraction of sp³-hybridized carbons (Fsp3) is 0. The van der Waals surface area contributed by atoms with Crippen molar-refractivity contribution in [2.75, 3.05) is 0 Å². The van der Waals surface area contributed by atoms with Gasteiger partial charge in [-0.05, 0) is 0 Å². The van der Waals surface area contributed by atoms with Gasteiger partial charge in [-0.3, -0.25) is 9.97 Å². The minimum absolute atomic E-state index is 1.64. The third kappa shape index (κ3) is 13.7. The molecule has 15 heteroatoms. The van der Waals surface area contributed by atoms with Crippen molar-refractivity contribution in [1.82, 2.24) is 9.97 Å². The third-order valence-corrected chi connectivity index (χ3v) is 4.25. The Bertz CT molecular complexity index is 454. The first-order valence-corrected chi connectivity index (χ1v) is 8.53. The lowest BCUT2D eigenvalue weighted by atomic mass is 10.8. The second-order valence-corrected chi connectivity index (χ2v) is 6.71. The molecule has 0 amide bonds. The molecule has 0 aliphatic rings. The first-order valence-electron chi connectivity index (χ1n) is 3.98. The van der Waals surface area contributed by atoms with Gasteiger partial charge in [0, 0.05) is 24.8 Å². The average Bonchev–Trinajstić information content (AvgIpc) is 2.13. The van der Waals surface area contributed by atoms with Gasteiger partial charge in [-0.15, -0.1) is 0 Å². The van der Waals surface area contributed by atoms with E-state index in [-0.39, 0.29) is 0 Å². The lowest BCUT2D eigenvalue weighted by molar-refractivity contribution is 0.204. The molecule has 0 spiro atoms. The highest BCUT2D eigenvalue weighted by atomic mass is 31.3. The molecule has 0 aliphatic carbocycles. The quantitative estimate of drug-likeness (QED) is 0.453. The minimum Gasteiger partial charge on any atom is -0.302 e. The van der Waals surface area contributed by atoms with E-state index in [9.17, 15) is 13.7 Å². The van der Waals surface area contributed by atoms with Gasteiger partial charge >= 0.3 is 23.5 Å². The van der Waals surface area contributed by atoms with Crippen molar-refractivity contribution in [3.05, 3.63) is 24.8 Å². The summed E-state index contributed by atoms with van der Waals surface area (Å²) in [7, 11) is -16.2. The van der Waals surface area contributed by atoms with Crippen LogP contribution in [0.3, 0.4) is 0 Å². The Morgan fingerprint density at radius 3 is 1.11 bits per heavy atom. The van der Waals surface area contributed by atoms with Crippen LogP contribution >= 0.6 is 23.5 Å². The predicted octanol–water partition coefficient (Wildman–Crippen LogP) is -0.218. The third-order valence-electron chi connectivity index (χ3n) is 0.897. The molecule has 0 aromatic carbocycles. The van der Waals surface area contributed by atoms with Gasteiger partial charge in [-0.2, -0.15) is 8.62 Å². The fourth-order valence-electron chi connectivity index (χ4n) is 0.537. The summed E-state index contributed by atoms with van der Waals surface area (Å²) < 4.78 is 36.4. The molecule has 0 aliphatic heterocycles. The summed E-state index contributed by atoms with van der Waals surface area (Å²) in [5, 5.41) is 0. The summed E-state index contributed by atoms with van der Waals surface area (Å²) in [4.78, 5) is 47.7. The van der Waals surface area contributed by atoms with E-state index < -0.39 is 23.5 Å². The molecule has 1 rings (SSSR count).